The highest BCUT2D eigenvalue weighted by atomic mass is 35.5. The summed E-state index contributed by atoms with van der Waals surface area (Å²) in [4.78, 5) is 11.7. The molecule has 10 heteroatoms. The first kappa shape index (κ1) is 17.9. The second kappa shape index (κ2) is 6.88. The zero-order valence-corrected chi connectivity index (χ0v) is 13.0. The number of hydrogen-bond donors (Lipinski definition) is 0. The molecule has 17 heavy (non-hydrogen) atoms. The number of halogens is 2. The van der Waals surface area contributed by atoms with E-state index in [1.165, 1.54) is 20.8 Å². The molecule has 0 aromatic rings. The monoisotopic (exact) mass is 327 g/mol. The average molecular weight is 328 g/mol. The summed E-state index contributed by atoms with van der Waals surface area (Å²) in [6, 6.07) is 0. The average Bonchev–Trinajstić information content (AvgIpc) is 2.17. The Labute approximate surface area is 111 Å². The number of hydrogen-bond acceptors (Lipinski definition) is 6. The van der Waals surface area contributed by atoms with Crippen molar-refractivity contribution < 1.29 is 27.6 Å². The number of alkyl halides is 2. The van der Waals surface area contributed by atoms with Gasteiger partial charge in [-0.15, -0.1) is 0 Å². The van der Waals surface area contributed by atoms with Crippen LogP contribution in [0.4, 0.5) is 0 Å². The summed E-state index contributed by atoms with van der Waals surface area (Å²) in [5.41, 5.74) is 0. The summed E-state index contributed by atoms with van der Waals surface area (Å²) < 4.78 is 35.1. The van der Waals surface area contributed by atoms with E-state index >= 15 is 0 Å². The van der Waals surface area contributed by atoms with Crippen LogP contribution in [0.2, 0.25) is 0 Å². The van der Waals surface area contributed by atoms with Crippen molar-refractivity contribution in [3.8, 4) is 0 Å². The molecular formula is C7H15Cl2O6P2-. The van der Waals surface area contributed by atoms with Crippen molar-refractivity contribution >= 4 is 38.4 Å². The van der Waals surface area contributed by atoms with E-state index in [1.54, 1.807) is 0 Å². The van der Waals surface area contributed by atoms with Crippen molar-refractivity contribution in [3.63, 3.8) is 0 Å². The maximum absolute atomic E-state index is 12.2. The molecule has 0 spiro atoms. The predicted octanol–water partition coefficient (Wildman–Crippen LogP) is 2.93. The van der Waals surface area contributed by atoms with Gasteiger partial charge in [0.2, 0.25) is 0 Å². The Morgan fingerprint density at radius 1 is 1.00 bits per heavy atom. The quantitative estimate of drug-likeness (QED) is 0.503. The van der Waals surface area contributed by atoms with Crippen molar-refractivity contribution in [1.29, 1.82) is 0 Å². The summed E-state index contributed by atoms with van der Waals surface area (Å²) in [6.45, 7) is 4.13. The number of rotatable bonds is 8. The Morgan fingerprint density at radius 2 is 1.35 bits per heavy atom. The van der Waals surface area contributed by atoms with Gasteiger partial charge in [-0.25, -0.2) is 0 Å². The maximum Gasteiger partial charge on any atom is 0.375 e. The predicted molar refractivity (Wildman–Crippen MR) is 64.5 cm³/mol. The van der Waals surface area contributed by atoms with Crippen LogP contribution < -0.4 is 4.89 Å². The molecule has 0 rings (SSSR count). The molecule has 0 aliphatic carbocycles. The lowest BCUT2D eigenvalue weighted by molar-refractivity contribution is -0.198. The highest BCUT2D eigenvalue weighted by Gasteiger charge is 2.57. The normalized spacial score (nSPS) is 16.8. The highest BCUT2D eigenvalue weighted by molar-refractivity contribution is 7.79. The molecule has 1 unspecified atom stereocenters. The summed E-state index contributed by atoms with van der Waals surface area (Å²) >= 11 is 11.2. The molecule has 104 valence electrons. The Morgan fingerprint density at radius 3 is 1.65 bits per heavy atom. The molecule has 0 N–H and O–H groups in total. The zero-order chi connectivity index (χ0) is 13.7. The Balaban J connectivity index is 5.35. The molecule has 0 aliphatic heterocycles. The Kier molecular flexibility index (Phi) is 7.23. The summed E-state index contributed by atoms with van der Waals surface area (Å²) in [7, 11) is -9.05. The van der Waals surface area contributed by atoms with Gasteiger partial charge in [-0.3, -0.25) is 4.57 Å². The molecule has 0 aliphatic rings. The highest BCUT2D eigenvalue weighted by Crippen LogP contribution is 2.78. The van der Waals surface area contributed by atoms with Crippen LogP contribution in [0.1, 0.15) is 20.8 Å². The van der Waals surface area contributed by atoms with Gasteiger partial charge in [0.15, 0.2) is 7.60 Å². The topological polar surface area (TPSA) is 84.9 Å². The van der Waals surface area contributed by atoms with Crippen molar-refractivity contribution in [1.82, 2.24) is 0 Å². The van der Waals surface area contributed by atoms with Crippen molar-refractivity contribution in [2.75, 3.05) is 19.8 Å². The molecule has 0 bridgehead atoms. The van der Waals surface area contributed by atoms with E-state index in [0.29, 0.717) is 0 Å². The van der Waals surface area contributed by atoms with Gasteiger partial charge in [0.05, 0.1) is 19.8 Å². The fourth-order valence-electron chi connectivity index (χ4n) is 0.930. The van der Waals surface area contributed by atoms with Crippen molar-refractivity contribution in [2.45, 2.75) is 24.6 Å². The SMILES string of the molecule is CCOP(=O)([O-])C(Cl)(Cl)P(=O)(OCC)OCC. The minimum absolute atomic E-state index is 0.0649. The molecule has 0 radical (unpaired) electrons. The van der Waals surface area contributed by atoms with Gasteiger partial charge in [-0.2, -0.15) is 0 Å². The largest absolute Gasteiger partial charge is 0.776 e. The van der Waals surface area contributed by atoms with Gasteiger partial charge in [0, 0.05) is 0 Å². The van der Waals surface area contributed by atoms with Crippen LogP contribution in [0, 0.1) is 0 Å². The molecule has 0 saturated heterocycles. The van der Waals surface area contributed by atoms with Gasteiger partial charge in [-0.1, -0.05) is 23.2 Å². The summed E-state index contributed by atoms with van der Waals surface area (Å²) in [5.74, 6) is 0. The Hall–Kier alpha value is 0.880. The maximum atomic E-state index is 12.2. The van der Waals surface area contributed by atoms with E-state index in [-0.39, 0.29) is 19.8 Å². The van der Waals surface area contributed by atoms with Crippen molar-refractivity contribution in [3.05, 3.63) is 0 Å². The van der Waals surface area contributed by atoms with E-state index in [2.05, 4.69) is 4.52 Å². The van der Waals surface area contributed by atoms with Gasteiger partial charge < -0.3 is 23.0 Å². The fourth-order valence-corrected chi connectivity index (χ4v) is 5.09. The summed E-state index contributed by atoms with van der Waals surface area (Å²) in [5, 5.41) is 0. The molecule has 1 atom stereocenters. The molecule has 6 nitrogen and oxygen atoms in total. The first-order valence-electron chi connectivity index (χ1n) is 4.91. The van der Waals surface area contributed by atoms with Crippen LogP contribution in [0.3, 0.4) is 0 Å². The molecule has 0 aromatic heterocycles. The van der Waals surface area contributed by atoms with Gasteiger partial charge in [0.25, 0.3) is 3.82 Å². The van der Waals surface area contributed by atoms with Gasteiger partial charge >= 0.3 is 7.60 Å². The molecule has 0 fully saturated rings. The molecule has 0 amide bonds. The van der Waals surface area contributed by atoms with E-state index in [9.17, 15) is 14.0 Å². The van der Waals surface area contributed by atoms with Crippen LogP contribution in [-0.4, -0.2) is 23.6 Å². The molecular weight excluding hydrogens is 313 g/mol. The standard InChI is InChI=1S/C7H16Cl2O6P2/c1-4-13-16(10,11)7(8,9)17(12,14-5-2)15-6-3/h4-6H2,1-3H3,(H,10,11)/p-1. The van der Waals surface area contributed by atoms with Crippen LogP contribution in [-0.2, 0) is 22.7 Å². The molecule has 0 heterocycles. The van der Waals surface area contributed by atoms with Crippen LogP contribution in [0.5, 0.6) is 0 Å². The minimum atomic E-state index is -4.81. The third kappa shape index (κ3) is 3.92. The van der Waals surface area contributed by atoms with Crippen molar-refractivity contribution in [2.24, 2.45) is 0 Å². The minimum Gasteiger partial charge on any atom is -0.776 e. The lowest BCUT2D eigenvalue weighted by atomic mass is 10.9. The van der Waals surface area contributed by atoms with E-state index in [1.807, 2.05) is 0 Å². The Bertz CT molecular complexity index is 324. The third-order valence-corrected chi connectivity index (χ3v) is 8.62. The van der Waals surface area contributed by atoms with Gasteiger partial charge in [-0.05, 0) is 20.8 Å². The van der Waals surface area contributed by atoms with Crippen LogP contribution >= 0.6 is 38.4 Å². The molecule has 0 saturated carbocycles. The first-order chi connectivity index (χ1) is 7.68. The zero-order valence-electron chi connectivity index (χ0n) is 9.72. The second-order valence-corrected chi connectivity index (χ2v) is 9.60. The third-order valence-electron chi connectivity index (χ3n) is 1.56. The van der Waals surface area contributed by atoms with Crippen LogP contribution in [0.15, 0.2) is 0 Å². The van der Waals surface area contributed by atoms with Gasteiger partial charge in [0.1, 0.15) is 0 Å². The summed E-state index contributed by atoms with van der Waals surface area (Å²) in [6.07, 6.45) is 0. The van der Waals surface area contributed by atoms with E-state index in [0.717, 1.165) is 0 Å². The lowest BCUT2D eigenvalue weighted by Crippen LogP contribution is -2.26. The fraction of sp³-hybridized carbons (Fsp3) is 1.00. The second-order valence-electron chi connectivity index (χ2n) is 2.76. The molecule has 0 aromatic carbocycles. The smallest absolute Gasteiger partial charge is 0.375 e. The van der Waals surface area contributed by atoms with Crippen LogP contribution in [0.25, 0.3) is 0 Å². The lowest BCUT2D eigenvalue weighted by Gasteiger charge is -2.37. The van der Waals surface area contributed by atoms with E-state index in [4.69, 9.17) is 32.2 Å². The first-order valence-corrected chi connectivity index (χ1v) is 8.75. The van der Waals surface area contributed by atoms with E-state index < -0.39 is 19.0 Å².